The van der Waals surface area contributed by atoms with Gasteiger partial charge in [-0.05, 0) is 109 Å². The molecule has 1 aliphatic rings. The molecular formula is C46H44O16. The zero-order valence-corrected chi connectivity index (χ0v) is 34.3. The van der Waals surface area contributed by atoms with Crippen LogP contribution in [0.2, 0.25) is 0 Å². The van der Waals surface area contributed by atoms with Crippen LogP contribution < -0.4 is 18.9 Å². The van der Waals surface area contributed by atoms with Gasteiger partial charge in [-0.15, -0.1) is 0 Å². The number of esters is 4. The van der Waals surface area contributed by atoms with Crippen LogP contribution in [0.4, 0.5) is 9.59 Å². The number of rotatable bonds is 20. The van der Waals surface area contributed by atoms with E-state index in [0.29, 0.717) is 11.5 Å². The van der Waals surface area contributed by atoms with E-state index in [4.69, 9.17) is 47.4 Å². The smallest absolute Gasteiger partial charge is 0.460 e. The average molecular weight is 853 g/mol. The predicted octanol–water partition coefficient (Wildman–Crippen LogP) is 7.56. The monoisotopic (exact) mass is 852 g/mol. The lowest BCUT2D eigenvalue weighted by Gasteiger charge is -2.11. The highest BCUT2D eigenvalue weighted by Crippen LogP contribution is 2.47. The van der Waals surface area contributed by atoms with Gasteiger partial charge in [0.05, 0.1) is 37.6 Å². The van der Waals surface area contributed by atoms with Gasteiger partial charge in [-0.25, -0.2) is 28.8 Å². The highest BCUT2D eigenvalue weighted by Gasteiger charge is 2.27. The molecule has 0 bridgehead atoms. The summed E-state index contributed by atoms with van der Waals surface area (Å²) in [7, 11) is 0. The molecule has 0 radical (unpaired) electrons. The van der Waals surface area contributed by atoms with Crippen molar-refractivity contribution in [2.75, 3.05) is 52.9 Å². The molecule has 0 unspecified atom stereocenters. The second-order valence-electron chi connectivity index (χ2n) is 13.5. The molecule has 4 aromatic rings. The summed E-state index contributed by atoms with van der Waals surface area (Å²) in [5.74, 6) is -1.46. The summed E-state index contributed by atoms with van der Waals surface area (Å²) >= 11 is 0. The van der Waals surface area contributed by atoms with Gasteiger partial charge in [0.1, 0.15) is 49.4 Å². The fourth-order valence-corrected chi connectivity index (χ4v) is 5.69. The van der Waals surface area contributed by atoms with Gasteiger partial charge >= 0.3 is 36.2 Å². The number of benzene rings is 4. The van der Waals surface area contributed by atoms with E-state index in [2.05, 4.69) is 13.2 Å². The maximum Gasteiger partial charge on any atom is 0.513 e. The predicted molar refractivity (Wildman–Crippen MR) is 219 cm³/mol. The molecule has 4 aromatic carbocycles. The Labute approximate surface area is 356 Å². The molecule has 16 nitrogen and oxygen atoms in total. The first-order chi connectivity index (χ1) is 29.8. The minimum atomic E-state index is -0.963. The minimum absolute atomic E-state index is 0.0375. The van der Waals surface area contributed by atoms with Crippen LogP contribution in [-0.2, 0) is 38.0 Å². The van der Waals surface area contributed by atoms with Crippen LogP contribution in [0.3, 0.4) is 0 Å². The lowest BCUT2D eigenvalue weighted by Crippen LogP contribution is -2.16. The third-order valence-electron chi connectivity index (χ3n) is 8.79. The number of carbonyl (C=O) groups excluding carboxylic acids is 6. The van der Waals surface area contributed by atoms with Crippen molar-refractivity contribution in [1.29, 1.82) is 0 Å². The molecule has 0 atom stereocenters. The molecule has 0 heterocycles. The van der Waals surface area contributed by atoms with Gasteiger partial charge in [0.15, 0.2) is 0 Å². The van der Waals surface area contributed by atoms with Gasteiger partial charge < -0.3 is 47.4 Å². The first-order valence-corrected chi connectivity index (χ1v) is 19.2. The van der Waals surface area contributed by atoms with Crippen LogP contribution in [0, 0.1) is 0 Å². The summed E-state index contributed by atoms with van der Waals surface area (Å²) in [5, 5.41) is 0. The zero-order valence-electron chi connectivity index (χ0n) is 34.3. The summed E-state index contributed by atoms with van der Waals surface area (Å²) in [5.41, 5.74) is 4.71. The Kier molecular flexibility index (Phi) is 16.5. The third-order valence-corrected chi connectivity index (χ3v) is 8.79. The van der Waals surface area contributed by atoms with Crippen LogP contribution in [-0.4, -0.2) is 89.0 Å². The van der Waals surface area contributed by atoms with Crippen LogP contribution in [0.25, 0.3) is 11.1 Å². The highest BCUT2D eigenvalue weighted by atomic mass is 16.7. The Morgan fingerprint density at radius 1 is 0.452 bits per heavy atom. The van der Waals surface area contributed by atoms with E-state index in [0.717, 1.165) is 22.3 Å². The molecule has 1 aliphatic carbocycles. The zero-order chi connectivity index (χ0) is 44.6. The lowest BCUT2D eigenvalue weighted by molar-refractivity contribution is -0.141. The first-order valence-electron chi connectivity index (χ1n) is 19.2. The minimum Gasteiger partial charge on any atom is -0.460 e. The highest BCUT2D eigenvalue weighted by molar-refractivity contribution is 5.93. The Bertz CT molecular complexity index is 2130. The SMILES string of the molecule is C=C(C)C(=O)OCCOCCOC(=O)Oc1ccc(C(=O)Oc2ccc3c(c2)C(C)c2cc(OC(=O)c4ccc(OC(=O)OCCOCCOC(=O)C(=C)C)cc4)ccc2-3)cc1. The van der Waals surface area contributed by atoms with E-state index >= 15 is 0 Å². The van der Waals surface area contributed by atoms with E-state index in [9.17, 15) is 28.8 Å². The number of ether oxygens (including phenoxy) is 10. The molecule has 5 rings (SSSR count). The van der Waals surface area contributed by atoms with Crippen molar-refractivity contribution in [2.24, 2.45) is 0 Å². The molecular weight excluding hydrogens is 808 g/mol. The second-order valence-corrected chi connectivity index (χ2v) is 13.5. The van der Waals surface area contributed by atoms with E-state index in [1.54, 1.807) is 24.3 Å². The summed E-state index contributed by atoms with van der Waals surface area (Å²) in [4.78, 5) is 72.7. The average Bonchev–Trinajstić information content (AvgIpc) is 3.52. The van der Waals surface area contributed by atoms with Gasteiger partial charge in [-0.1, -0.05) is 32.2 Å². The van der Waals surface area contributed by atoms with Crippen molar-refractivity contribution in [2.45, 2.75) is 26.7 Å². The molecule has 0 saturated heterocycles. The molecule has 0 aromatic heterocycles. The Balaban J connectivity index is 1.04. The van der Waals surface area contributed by atoms with E-state index in [1.165, 1.54) is 62.4 Å². The maximum absolute atomic E-state index is 13.0. The van der Waals surface area contributed by atoms with Crippen molar-refractivity contribution in [3.05, 3.63) is 131 Å². The van der Waals surface area contributed by atoms with Crippen molar-refractivity contribution >= 4 is 36.2 Å². The quantitative estimate of drug-likeness (QED) is 0.0211. The van der Waals surface area contributed by atoms with Crippen molar-refractivity contribution in [1.82, 2.24) is 0 Å². The van der Waals surface area contributed by atoms with Gasteiger partial charge in [0.2, 0.25) is 0 Å². The maximum atomic E-state index is 13.0. The number of hydrogen-bond acceptors (Lipinski definition) is 16. The topological polar surface area (TPSA) is 195 Å². The lowest BCUT2D eigenvalue weighted by atomic mass is 9.99. The second kappa shape index (κ2) is 22.3. The summed E-state index contributed by atoms with van der Waals surface area (Å²) in [6.07, 6.45) is -1.93. The van der Waals surface area contributed by atoms with Crippen LogP contribution in [0.15, 0.2) is 109 Å². The molecule has 0 aliphatic heterocycles. The van der Waals surface area contributed by atoms with Crippen LogP contribution in [0.5, 0.6) is 23.0 Å². The van der Waals surface area contributed by atoms with Crippen molar-refractivity contribution in [3.63, 3.8) is 0 Å². The number of carbonyl (C=O) groups is 6. The fourth-order valence-electron chi connectivity index (χ4n) is 5.69. The van der Waals surface area contributed by atoms with Crippen LogP contribution >= 0.6 is 0 Å². The van der Waals surface area contributed by atoms with Crippen LogP contribution in [0.1, 0.15) is 58.5 Å². The summed E-state index contributed by atoms with van der Waals surface area (Å²) < 4.78 is 51.8. The molecule has 0 N–H and O–H groups in total. The Morgan fingerprint density at radius 3 is 1.15 bits per heavy atom. The third kappa shape index (κ3) is 13.4. The van der Waals surface area contributed by atoms with Gasteiger partial charge in [0.25, 0.3) is 0 Å². The molecule has 0 amide bonds. The Morgan fingerprint density at radius 2 is 0.790 bits per heavy atom. The summed E-state index contributed by atoms with van der Waals surface area (Å²) in [6, 6.07) is 22.2. The van der Waals surface area contributed by atoms with E-state index in [-0.39, 0.29) is 92.5 Å². The van der Waals surface area contributed by atoms with Gasteiger partial charge in [-0.3, -0.25) is 0 Å². The van der Waals surface area contributed by atoms with E-state index < -0.39 is 36.2 Å². The van der Waals surface area contributed by atoms with E-state index in [1.807, 2.05) is 19.1 Å². The van der Waals surface area contributed by atoms with Crippen molar-refractivity contribution < 1.29 is 76.1 Å². The summed E-state index contributed by atoms with van der Waals surface area (Å²) in [6.45, 7) is 12.3. The standard InChI is InChI=1S/C46H44O16/c1-28(2)41(47)55-22-18-53-20-24-57-45(51)61-33-10-6-31(7-11-33)43(49)59-35-14-16-37-38-17-15-36(27-40(38)30(5)39(37)26-35)60-44(50)32-8-12-34(13-9-32)62-46(52)58-25-21-54-19-23-56-42(48)29(3)4/h6-17,26-27,30H,1,3,18-25H2,2,4-5H3. The molecule has 0 spiro atoms. The first kappa shape index (κ1) is 45.8. The molecule has 0 fully saturated rings. The fraction of sp³-hybridized carbons (Fsp3) is 0.261. The Hall–Kier alpha value is -7.30. The van der Waals surface area contributed by atoms with Gasteiger partial charge in [0, 0.05) is 17.1 Å². The largest absolute Gasteiger partial charge is 0.513 e. The molecule has 16 heteroatoms. The molecule has 324 valence electrons. The number of fused-ring (bicyclic) bond motifs is 3. The molecule has 62 heavy (non-hydrogen) atoms. The normalized spacial score (nSPS) is 11.3. The number of hydrogen-bond donors (Lipinski definition) is 0. The van der Waals surface area contributed by atoms with Gasteiger partial charge in [-0.2, -0.15) is 0 Å². The van der Waals surface area contributed by atoms with Crippen molar-refractivity contribution in [3.8, 4) is 34.1 Å². The molecule has 0 saturated carbocycles.